The summed E-state index contributed by atoms with van der Waals surface area (Å²) in [6, 6.07) is 4.00. The summed E-state index contributed by atoms with van der Waals surface area (Å²) in [5.41, 5.74) is 0.695. The van der Waals surface area contributed by atoms with Crippen LogP contribution in [0.3, 0.4) is 0 Å². The summed E-state index contributed by atoms with van der Waals surface area (Å²) in [4.78, 5) is 37.1. The van der Waals surface area contributed by atoms with Gasteiger partial charge >= 0.3 is 11.7 Å². The molecule has 8 heteroatoms. The summed E-state index contributed by atoms with van der Waals surface area (Å²) >= 11 is 0. The summed E-state index contributed by atoms with van der Waals surface area (Å²) in [5, 5.41) is 11.1. The first-order valence-electron chi connectivity index (χ1n) is 9.02. The Bertz CT molecular complexity index is 784. The first-order chi connectivity index (χ1) is 13.0. The molecule has 27 heavy (non-hydrogen) atoms. The Kier molecular flexibility index (Phi) is 5.73. The highest BCUT2D eigenvalue weighted by Gasteiger charge is 2.35. The average molecular weight is 374 g/mol. The van der Waals surface area contributed by atoms with Crippen LogP contribution in [0.1, 0.15) is 48.9 Å². The Balaban J connectivity index is 1.66. The van der Waals surface area contributed by atoms with E-state index in [0.717, 1.165) is 50.3 Å². The normalized spacial score (nSPS) is 16.3. The van der Waals surface area contributed by atoms with Crippen LogP contribution in [0.4, 0.5) is 5.69 Å². The molecule has 1 fully saturated rings. The predicted molar refractivity (Wildman–Crippen MR) is 96.3 cm³/mol. The van der Waals surface area contributed by atoms with Gasteiger partial charge in [-0.15, -0.1) is 0 Å². The second kappa shape index (κ2) is 8.20. The highest BCUT2D eigenvalue weighted by Crippen LogP contribution is 2.34. The summed E-state index contributed by atoms with van der Waals surface area (Å²) in [6.45, 7) is -0.382. The second-order valence-corrected chi connectivity index (χ2v) is 6.66. The summed E-state index contributed by atoms with van der Waals surface area (Å²) in [5.74, 6) is -0.971. The lowest BCUT2D eigenvalue weighted by Crippen LogP contribution is -2.36. The van der Waals surface area contributed by atoms with Crippen molar-refractivity contribution in [3.63, 3.8) is 0 Å². The maximum Gasteiger partial charge on any atom is 0.338 e. The van der Waals surface area contributed by atoms with Gasteiger partial charge in [-0.05, 0) is 50.7 Å². The first-order valence-corrected chi connectivity index (χ1v) is 9.02. The van der Waals surface area contributed by atoms with E-state index in [2.05, 4.69) is 6.08 Å². The number of carbonyl (C=O) groups is 2. The molecular formula is C19H22N2O6. The number of hydrogen-bond acceptors (Lipinski definition) is 6. The Morgan fingerprint density at radius 3 is 2.67 bits per heavy atom. The highest BCUT2D eigenvalue weighted by molar-refractivity contribution is 5.92. The molecule has 0 radical (unpaired) electrons. The maximum atomic E-state index is 12.6. The van der Waals surface area contributed by atoms with Crippen molar-refractivity contribution >= 4 is 17.6 Å². The largest absolute Gasteiger partial charge is 0.490 e. The summed E-state index contributed by atoms with van der Waals surface area (Å²) in [7, 11) is 1.31. The third kappa shape index (κ3) is 4.45. The number of carbonyl (C=O) groups excluding carboxylic acids is 2. The molecule has 2 aliphatic rings. The molecule has 144 valence electrons. The lowest BCUT2D eigenvalue weighted by atomic mass is 10.0. The molecule has 0 unspecified atom stereocenters. The Hall–Kier alpha value is -2.90. The highest BCUT2D eigenvalue weighted by atomic mass is 16.6. The monoisotopic (exact) mass is 374 g/mol. The standard InChI is InChI=1S/C19H22N2O6/c1-26-17-10-7-13(11-16(17)21(24)25)19(23)27-12-18(22)20(15-8-9-15)14-5-3-2-4-6-14/h5,7,10-11,15H,2-4,6,8-9,12H2,1H3. The van der Waals surface area contributed by atoms with E-state index >= 15 is 0 Å². The average Bonchev–Trinajstić information content (AvgIpc) is 3.51. The van der Waals surface area contributed by atoms with Gasteiger partial charge in [-0.2, -0.15) is 0 Å². The fourth-order valence-corrected chi connectivity index (χ4v) is 3.21. The van der Waals surface area contributed by atoms with Gasteiger partial charge in [0.05, 0.1) is 17.6 Å². The molecule has 0 N–H and O–H groups in total. The van der Waals surface area contributed by atoms with Gasteiger partial charge in [0, 0.05) is 17.8 Å². The van der Waals surface area contributed by atoms with Crippen LogP contribution in [0.15, 0.2) is 30.0 Å². The van der Waals surface area contributed by atoms with Crippen molar-refractivity contribution in [2.75, 3.05) is 13.7 Å². The molecule has 1 saturated carbocycles. The minimum atomic E-state index is -0.775. The zero-order chi connectivity index (χ0) is 19.4. The van der Waals surface area contributed by atoms with E-state index in [-0.39, 0.29) is 35.6 Å². The minimum Gasteiger partial charge on any atom is -0.490 e. The van der Waals surface area contributed by atoms with E-state index in [4.69, 9.17) is 9.47 Å². The van der Waals surface area contributed by atoms with Crippen LogP contribution in [0.5, 0.6) is 5.75 Å². The van der Waals surface area contributed by atoms with Crippen molar-refractivity contribution < 1.29 is 24.0 Å². The molecule has 0 aromatic heterocycles. The van der Waals surface area contributed by atoms with Crippen LogP contribution in [-0.2, 0) is 9.53 Å². The Labute approximate surface area is 156 Å². The first kappa shape index (κ1) is 18.9. The van der Waals surface area contributed by atoms with Crippen LogP contribution >= 0.6 is 0 Å². The van der Waals surface area contributed by atoms with E-state index in [1.807, 2.05) is 0 Å². The molecule has 0 saturated heterocycles. The zero-order valence-electron chi connectivity index (χ0n) is 15.2. The molecule has 3 rings (SSSR count). The van der Waals surface area contributed by atoms with Gasteiger partial charge in [0.15, 0.2) is 12.4 Å². The van der Waals surface area contributed by atoms with Gasteiger partial charge in [-0.25, -0.2) is 4.79 Å². The molecule has 8 nitrogen and oxygen atoms in total. The number of nitro groups is 1. The van der Waals surface area contributed by atoms with Crippen molar-refractivity contribution in [1.29, 1.82) is 0 Å². The second-order valence-electron chi connectivity index (χ2n) is 6.66. The fourth-order valence-electron chi connectivity index (χ4n) is 3.21. The molecule has 1 aromatic carbocycles. The van der Waals surface area contributed by atoms with Gasteiger partial charge in [0.25, 0.3) is 5.91 Å². The number of esters is 1. The Morgan fingerprint density at radius 2 is 2.07 bits per heavy atom. The van der Waals surface area contributed by atoms with Crippen LogP contribution in [0.2, 0.25) is 0 Å². The molecule has 0 bridgehead atoms. The molecule has 2 aliphatic carbocycles. The van der Waals surface area contributed by atoms with Crippen molar-refractivity contribution in [2.45, 2.75) is 44.6 Å². The van der Waals surface area contributed by atoms with Crippen molar-refractivity contribution in [3.8, 4) is 5.75 Å². The Morgan fingerprint density at radius 1 is 1.30 bits per heavy atom. The van der Waals surface area contributed by atoms with Gasteiger partial charge in [-0.3, -0.25) is 14.9 Å². The van der Waals surface area contributed by atoms with Gasteiger partial charge in [0.2, 0.25) is 0 Å². The van der Waals surface area contributed by atoms with Crippen molar-refractivity contribution in [3.05, 3.63) is 45.6 Å². The van der Waals surface area contributed by atoms with Crippen LogP contribution in [0, 0.1) is 10.1 Å². The molecular weight excluding hydrogens is 352 g/mol. The number of hydrogen-bond donors (Lipinski definition) is 0. The lowest BCUT2D eigenvalue weighted by Gasteiger charge is -2.27. The zero-order valence-corrected chi connectivity index (χ0v) is 15.2. The van der Waals surface area contributed by atoms with Crippen LogP contribution in [0.25, 0.3) is 0 Å². The SMILES string of the molecule is COc1ccc(C(=O)OCC(=O)N(C2=CCCCC2)C2CC2)cc1[N+](=O)[O-]. The molecule has 1 amide bonds. The van der Waals surface area contributed by atoms with Gasteiger partial charge < -0.3 is 14.4 Å². The topological polar surface area (TPSA) is 99.0 Å². The summed E-state index contributed by atoms with van der Waals surface area (Å²) in [6.07, 6.45) is 8.01. The summed E-state index contributed by atoms with van der Waals surface area (Å²) < 4.78 is 10.0. The number of nitro benzene ring substituents is 1. The van der Waals surface area contributed by atoms with E-state index in [0.29, 0.717) is 0 Å². The van der Waals surface area contributed by atoms with E-state index in [1.54, 1.807) is 4.90 Å². The smallest absolute Gasteiger partial charge is 0.338 e. The van der Waals surface area contributed by atoms with Crippen LogP contribution in [-0.4, -0.2) is 41.5 Å². The van der Waals surface area contributed by atoms with E-state index in [9.17, 15) is 19.7 Å². The van der Waals surface area contributed by atoms with Crippen molar-refractivity contribution in [1.82, 2.24) is 4.90 Å². The third-order valence-electron chi connectivity index (χ3n) is 4.70. The van der Waals surface area contributed by atoms with E-state index < -0.39 is 10.9 Å². The maximum absolute atomic E-state index is 12.6. The van der Waals surface area contributed by atoms with Crippen molar-refractivity contribution in [2.24, 2.45) is 0 Å². The minimum absolute atomic E-state index is 0.00477. The lowest BCUT2D eigenvalue weighted by molar-refractivity contribution is -0.385. The molecule has 0 spiro atoms. The number of allylic oxidation sites excluding steroid dienone is 2. The fraction of sp³-hybridized carbons (Fsp3) is 0.474. The van der Waals surface area contributed by atoms with E-state index in [1.165, 1.54) is 19.2 Å². The number of ether oxygens (including phenoxy) is 2. The number of rotatable bonds is 7. The predicted octanol–water partition coefficient (Wildman–Crippen LogP) is 3.21. The number of nitrogens with zero attached hydrogens (tertiary/aromatic N) is 2. The van der Waals surface area contributed by atoms with Gasteiger partial charge in [0.1, 0.15) is 0 Å². The van der Waals surface area contributed by atoms with Gasteiger partial charge in [-0.1, -0.05) is 6.08 Å². The molecule has 0 atom stereocenters. The molecule has 1 aromatic rings. The number of methoxy groups -OCH3 is 1. The molecule has 0 aliphatic heterocycles. The molecule has 0 heterocycles. The third-order valence-corrected chi connectivity index (χ3v) is 4.70. The van der Waals surface area contributed by atoms with Crippen LogP contribution < -0.4 is 4.74 Å². The number of amides is 1. The number of benzene rings is 1. The quantitative estimate of drug-likeness (QED) is 0.413.